The van der Waals surface area contributed by atoms with Gasteiger partial charge >= 0.3 is 11.9 Å². The molecule has 0 amide bonds. The monoisotopic (exact) mass is 360 g/mol. The second-order valence-corrected chi connectivity index (χ2v) is 7.26. The molecule has 0 fully saturated rings. The van der Waals surface area contributed by atoms with Crippen LogP contribution in [0.25, 0.3) is 0 Å². The molecule has 0 unspecified atom stereocenters. The van der Waals surface area contributed by atoms with Gasteiger partial charge in [-0.15, -0.1) is 0 Å². The highest BCUT2D eigenvalue weighted by Gasteiger charge is 2.24. The summed E-state index contributed by atoms with van der Waals surface area (Å²) in [5.41, 5.74) is 0.360. The van der Waals surface area contributed by atoms with Gasteiger partial charge in [-0.25, -0.2) is 4.79 Å². The normalized spacial score (nSPS) is 13.9. The first-order chi connectivity index (χ1) is 12.1. The Morgan fingerprint density at radius 1 is 1.12 bits per heavy atom. The minimum Gasteiger partial charge on any atom is -0.466 e. The summed E-state index contributed by atoms with van der Waals surface area (Å²) in [6, 6.07) is 9.58. The van der Waals surface area contributed by atoms with E-state index in [0.717, 1.165) is 5.56 Å². The SMILES string of the molecule is COC(=O)/C=C/[C@H](C)[C@@H](CC(=O)CC(=O)OC(C)(C)C)c1ccccc1. The summed E-state index contributed by atoms with van der Waals surface area (Å²) < 4.78 is 9.83. The molecule has 0 spiro atoms. The zero-order chi connectivity index (χ0) is 19.7. The molecule has 0 aliphatic carbocycles. The molecule has 0 bridgehead atoms. The predicted octanol–water partition coefficient (Wildman–Crippen LogP) is 3.83. The molecule has 0 aliphatic heterocycles. The zero-order valence-corrected chi connectivity index (χ0v) is 16.2. The van der Waals surface area contributed by atoms with Crippen molar-refractivity contribution >= 4 is 17.7 Å². The third-order valence-electron chi connectivity index (χ3n) is 3.81. The Morgan fingerprint density at radius 3 is 2.27 bits per heavy atom. The third-order valence-corrected chi connectivity index (χ3v) is 3.81. The second-order valence-electron chi connectivity index (χ2n) is 7.26. The topological polar surface area (TPSA) is 69.7 Å². The van der Waals surface area contributed by atoms with E-state index in [0.29, 0.717) is 0 Å². The second kappa shape index (κ2) is 9.90. The number of carbonyl (C=O) groups is 3. The molecule has 0 heterocycles. The highest BCUT2D eigenvalue weighted by molar-refractivity contribution is 5.96. The predicted molar refractivity (Wildman–Crippen MR) is 99.6 cm³/mol. The van der Waals surface area contributed by atoms with Crippen LogP contribution in [0.3, 0.4) is 0 Å². The van der Waals surface area contributed by atoms with Crippen LogP contribution in [0.5, 0.6) is 0 Å². The summed E-state index contributed by atoms with van der Waals surface area (Å²) in [5.74, 6) is -1.38. The number of ether oxygens (including phenoxy) is 2. The van der Waals surface area contributed by atoms with Gasteiger partial charge < -0.3 is 9.47 Å². The van der Waals surface area contributed by atoms with Crippen molar-refractivity contribution in [3.8, 4) is 0 Å². The molecule has 1 aromatic carbocycles. The van der Waals surface area contributed by atoms with Gasteiger partial charge in [0.05, 0.1) is 7.11 Å². The Kier molecular flexibility index (Phi) is 8.23. The van der Waals surface area contributed by atoms with Gasteiger partial charge in [0.25, 0.3) is 0 Å². The lowest BCUT2D eigenvalue weighted by atomic mass is 9.82. The quantitative estimate of drug-likeness (QED) is 0.400. The van der Waals surface area contributed by atoms with E-state index < -0.39 is 17.5 Å². The number of rotatable bonds is 8. The highest BCUT2D eigenvalue weighted by Crippen LogP contribution is 2.30. The number of methoxy groups -OCH3 is 1. The molecule has 2 atom stereocenters. The first kappa shape index (κ1) is 21.6. The molecule has 0 N–H and O–H groups in total. The zero-order valence-electron chi connectivity index (χ0n) is 16.2. The molecule has 142 valence electrons. The summed E-state index contributed by atoms with van der Waals surface area (Å²) in [5, 5.41) is 0. The molecule has 26 heavy (non-hydrogen) atoms. The minimum atomic E-state index is -0.618. The van der Waals surface area contributed by atoms with E-state index in [1.54, 1.807) is 26.8 Å². The molecule has 0 radical (unpaired) electrons. The fourth-order valence-electron chi connectivity index (χ4n) is 2.60. The lowest BCUT2D eigenvalue weighted by molar-refractivity contribution is -0.156. The number of carbonyl (C=O) groups excluding carboxylic acids is 3. The summed E-state index contributed by atoms with van der Waals surface area (Å²) in [7, 11) is 1.32. The first-order valence-corrected chi connectivity index (χ1v) is 8.67. The Bertz CT molecular complexity index is 640. The van der Waals surface area contributed by atoms with E-state index in [4.69, 9.17) is 4.74 Å². The lowest BCUT2D eigenvalue weighted by Crippen LogP contribution is -2.26. The van der Waals surface area contributed by atoms with E-state index in [1.807, 2.05) is 37.3 Å². The fraction of sp³-hybridized carbons (Fsp3) is 0.476. The van der Waals surface area contributed by atoms with Crippen molar-refractivity contribution in [1.82, 2.24) is 0 Å². The largest absolute Gasteiger partial charge is 0.466 e. The van der Waals surface area contributed by atoms with Crippen molar-refractivity contribution in [3.05, 3.63) is 48.0 Å². The van der Waals surface area contributed by atoms with Crippen LogP contribution in [0.15, 0.2) is 42.5 Å². The van der Waals surface area contributed by atoms with Crippen LogP contribution in [0.2, 0.25) is 0 Å². The van der Waals surface area contributed by atoms with Gasteiger partial charge in [-0.1, -0.05) is 43.3 Å². The van der Waals surface area contributed by atoms with Gasteiger partial charge in [-0.2, -0.15) is 0 Å². The van der Waals surface area contributed by atoms with Gasteiger partial charge in [0.2, 0.25) is 0 Å². The molecular weight excluding hydrogens is 332 g/mol. The fourth-order valence-corrected chi connectivity index (χ4v) is 2.60. The molecule has 0 aliphatic rings. The van der Waals surface area contributed by atoms with E-state index in [-0.39, 0.29) is 30.5 Å². The standard InChI is InChI=1S/C21H28O5/c1-15(11-12-19(23)25-5)18(16-9-7-6-8-10-16)13-17(22)14-20(24)26-21(2,3)4/h6-12,15,18H,13-14H2,1-5H3/b12-11+/t15-,18+/m0/s1. The van der Waals surface area contributed by atoms with E-state index >= 15 is 0 Å². The molecule has 1 aromatic rings. The lowest BCUT2D eigenvalue weighted by Gasteiger charge is -2.22. The molecule has 0 saturated heterocycles. The van der Waals surface area contributed by atoms with Crippen molar-refractivity contribution in [2.75, 3.05) is 7.11 Å². The summed E-state index contributed by atoms with van der Waals surface area (Å²) in [6.45, 7) is 7.23. The minimum absolute atomic E-state index is 0.0842. The van der Waals surface area contributed by atoms with Crippen LogP contribution in [-0.4, -0.2) is 30.4 Å². The molecule has 5 nitrogen and oxygen atoms in total. The van der Waals surface area contributed by atoms with Crippen LogP contribution < -0.4 is 0 Å². The maximum atomic E-state index is 12.4. The third kappa shape index (κ3) is 8.10. The number of benzene rings is 1. The van der Waals surface area contributed by atoms with Gasteiger partial charge in [0.15, 0.2) is 0 Å². The van der Waals surface area contributed by atoms with Gasteiger partial charge in [-0.05, 0) is 38.2 Å². The van der Waals surface area contributed by atoms with Gasteiger partial charge in [0, 0.05) is 12.5 Å². The molecule has 5 heteroatoms. The molecule has 1 rings (SSSR count). The number of ketones is 1. The molecule has 0 aromatic heterocycles. The maximum Gasteiger partial charge on any atom is 0.330 e. The summed E-state index contributed by atoms with van der Waals surface area (Å²) in [6.07, 6.45) is 3.02. The van der Waals surface area contributed by atoms with Gasteiger partial charge in [0.1, 0.15) is 17.8 Å². The first-order valence-electron chi connectivity index (χ1n) is 8.67. The van der Waals surface area contributed by atoms with Crippen LogP contribution in [0.1, 0.15) is 52.0 Å². The van der Waals surface area contributed by atoms with Crippen LogP contribution in [0.4, 0.5) is 0 Å². The Hall–Kier alpha value is -2.43. The Morgan fingerprint density at radius 2 is 1.73 bits per heavy atom. The van der Waals surface area contributed by atoms with Crippen LogP contribution in [0, 0.1) is 5.92 Å². The van der Waals surface area contributed by atoms with E-state index in [2.05, 4.69) is 4.74 Å². The Balaban J connectivity index is 2.86. The van der Waals surface area contributed by atoms with Crippen LogP contribution >= 0.6 is 0 Å². The number of Topliss-reactive ketones (excluding diaryl/α,β-unsaturated/α-hetero) is 1. The van der Waals surface area contributed by atoms with Gasteiger partial charge in [-0.3, -0.25) is 9.59 Å². The number of esters is 2. The van der Waals surface area contributed by atoms with Crippen molar-refractivity contribution in [1.29, 1.82) is 0 Å². The highest BCUT2D eigenvalue weighted by atomic mass is 16.6. The maximum absolute atomic E-state index is 12.4. The molecule has 0 saturated carbocycles. The number of hydrogen-bond donors (Lipinski definition) is 0. The summed E-state index contributed by atoms with van der Waals surface area (Å²) >= 11 is 0. The number of allylic oxidation sites excluding steroid dienone is 1. The molecular formula is C21H28O5. The van der Waals surface area contributed by atoms with Crippen LogP contribution in [-0.2, 0) is 23.9 Å². The van der Waals surface area contributed by atoms with Crippen molar-refractivity contribution in [2.45, 2.75) is 52.1 Å². The van der Waals surface area contributed by atoms with E-state index in [9.17, 15) is 14.4 Å². The smallest absolute Gasteiger partial charge is 0.330 e. The number of hydrogen-bond acceptors (Lipinski definition) is 5. The average molecular weight is 360 g/mol. The van der Waals surface area contributed by atoms with Crippen molar-refractivity contribution in [3.63, 3.8) is 0 Å². The Labute approximate surface area is 155 Å². The van der Waals surface area contributed by atoms with Crippen molar-refractivity contribution in [2.24, 2.45) is 5.92 Å². The summed E-state index contributed by atoms with van der Waals surface area (Å²) in [4.78, 5) is 35.6. The average Bonchev–Trinajstić information content (AvgIpc) is 2.56. The van der Waals surface area contributed by atoms with Crippen molar-refractivity contribution < 1.29 is 23.9 Å². The van der Waals surface area contributed by atoms with E-state index in [1.165, 1.54) is 13.2 Å².